The monoisotopic (exact) mass is 314 g/mol. The van der Waals surface area contributed by atoms with Gasteiger partial charge in [-0.25, -0.2) is 0 Å². The van der Waals surface area contributed by atoms with Crippen LogP contribution in [0.5, 0.6) is 0 Å². The molecule has 1 saturated heterocycles. The minimum Gasteiger partial charge on any atom is -0.355 e. The lowest BCUT2D eigenvalue weighted by atomic mass is 10.4. The molecule has 0 unspecified atom stereocenters. The van der Waals surface area contributed by atoms with E-state index in [4.69, 9.17) is 0 Å². The van der Waals surface area contributed by atoms with Gasteiger partial charge in [0.05, 0.1) is 5.75 Å². The maximum Gasteiger partial charge on any atom is 0.230 e. The van der Waals surface area contributed by atoms with Crippen LogP contribution in [0, 0.1) is 6.92 Å². The number of rotatable bonds is 7. The summed E-state index contributed by atoms with van der Waals surface area (Å²) in [6.45, 7) is 4.10. The molecule has 8 heteroatoms. The van der Waals surface area contributed by atoms with Crippen LogP contribution in [0.4, 0.5) is 0 Å². The summed E-state index contributed by atoms with van der Waals surface area (Å²) in [4.78, 5) is 24.9. The van der Waals surface area contributed by atoms with Crippen molar-refractivity contribution in [3.05, 3.63) is 5.01 Å². The molecule has 1 fully saturated rings. The van der Waals surface area contributed by atoms with Crippen LogP contribution < -0.4 is 5.32 Å². The van der Waals surface area contributed by atoms with E-state index in [-0.39, 0.29) is 11.8 Å². The first kappa shape index (κ1) is 15.2. The van der Waals surface area contributed by atoms with Gasteiger partial charge in [0.25, 0.3) is 0 Å². The second-order valence-electron chi connectivity index (χ2n) is 4.56. The van der Waals surface area contributed by atoms with Gasteiger partial charge in [-0.1, -0.05) is 23.1 Å². The molecule has 0 aromatic carbocycles. The van der Waals surface area contributed by atoms with E-state index in [1.807, 2.05) is 11.8 Å². The van der Waals surface area contributed by atoms with Gasteiger partial charge in [-0.15, -0.1) is 10.2 Å². The zero-order valence-corrected chi connectivity index (χ0v) is 13.1. The summed E-state index contributed by atoms with van der Waals surface area (Å²) in [7, 11) is 0. The lowest BCUT2D eigenvalue weighted by Gasteiger charge is -2.15. The third-order valence-electron chi connectivity index (χ3n) is 2.93. The Hall–Kier alpha value is -1.15. The van der Waals surface area contributed by atoms with Crippen molar-refractivity contribution in [2.75, 3.05) is 25.4 Å². The second-order valence-corrected chi connectivity index (χ2v) is 6.97. The highest BCUT2D eigenvalue weighted by molar-refractivity contribution is 8.01. The zero-order chi connectivity index (χ0) is 14.4. The summed E-state index contributed by atoms with van der Waals surface area (Å²) in [6.07, 6.45) is 2.44. The number of aromatic nitrogens is 2. The summed E-state index contributed by atoms with van der Waals surface area (Å²) in [5.74, 6) is 0.589. The molecule has 0 saturated carbocycles. The molecule has 1 N–H and O–H groups in total. The van der Waals surface area contributed by atoms with Crippen LogP contribution in [-0.2, 0) is 9.59 Å². The average Bonchev–Trinajstić information content (AvgIpc) is 3.01. The Labute approximate surface area is 126 Å². The Morgan fingerprint density at radius 3 is 3.00 bits per heavy atom. The predicted molar refractivity (Wildman–Crippen MR) is 78.8 cm³/mol. The Balaban J connectivity index is 1.55. The van der Waals surface area contributed by atoms with Crippen LogP contribution in [0.2, 0.25) is 0 Å². The van der Waals surface area contributed by atoms with E-state index in [0.29, 0.717) is 18.7 Å². The fraction of sp³-hybridized carbons (Fsp3) is 0.667. The molecule has 2 heterocycles. The first-order valence-corrected chi connectivity index (χ1v) is 8.43. The van der Waals surface area contributed by atoms with E-state index in [9.17, 15) is 9.59 Å². The minimum atomic E-state index is -0.00407. The van der Waals surface area contributed by atoms with Crippen LogP contribution in [0.3, 0.4) is 0 Å². The third-order valence-corrected chi connectivity index (χ3v) is 4.90. The maximum absolute atomic E-state index is 11.6. The summed E-state index contributed by atoms with van der Waals surface area (Å²) >= 11 is 2.89. The summed E-state index contributed by atoms with van der Waals surface area (Å²) in [6, 6.07) is 0. The number of thioether (sulfide) groups is 1. The normalized spacial score (nSPS) is 14.8. The van der Waals surface area contributed by atoms with E-state index < -0.39 is 0 Å². The summed E-state index contributed by atoms with van der Waals surface area (Å²) in [5.41, 5.74) is 0. The van der Waals surface area contributed by atoms with Gasteiger partial charge in [0, 0.05) is 26.1 Å². The first-order chi connectivity index (χ1) is 9.65. The SMILES string of the molecule is Cc1nnc(SCC(=O)NCCCN2CCCC2=O)s1. The highest BCUT2D eigenvalue weighted by atomic mass is 32.2. The van der Waals surface area contributed by atoms with E-state index in [1.165, 1.54) is 23.1 Å². The van der Waals surface area contributed by atoms with Gasteiger partial charge in [-0.3, -0.25) is 9.59 Å². The number of nitrogens with zero attached hydrogens (tertiary/aromatic N) is 3. The quantitative estimate of drug-likeness (QED) is 0.602. The maximum atomic E-state index is 11.6. The molecule has 2 amide bonds. The molecule has 20 heavy (non-hydrogen) atoms. The molecule has 6 nitrogen and oxygen atoms in total. The largest absolute Gasteiger partial charge is 0.355 e. The summed E-state index contributed by atoms with van der Waals surface area (Å²) in [5, 5.41) is 11.6. The van der Waals surface area contributed by atoms with Crippen LogP contribution >= 0.6 is 23.1 Å². The van der Waals surface area contributed by atoms with Gasteiger partial charge in [0.2, 0.25) is 11.8 Å². The van der Waals surface area contributed by atoms with E-state index in [1.54, 1.807) is 0 Å². The van der Waals surface area contributed by atoms with Crippen LogP contribution in [0.15, 0.2) is 4.34 Å². The van der Waals surface area contributed by atoms with Crippen molar-refractivity contribution in [1.29, 1.82) is 0 Å². The number of aryl methyl sites for hydroxylation is 1. The van der Waals surface area contributed by atoms with Crippen molar-refractivity contribution in [3.63, 3.8) is 0 Å². The van der Waals surface area contributed by atoms with Crippen LogP contribution in [0.25, 0.3) is 0 Å². The van der Waals surface area contributed by atoms with E-state index >= 15 is 0 Å². The van der Waals surface area contributed by atoms with E-state index in [0.717, 1.165) is 35.3 Å². The smallest absolute Gasteiger partial charge is 0.230 e. The molecule has 1 aromatic heterocycles. The molecule has 110 valence electrons. The minimum absolute atomic E-state index is 0.00407. The van der Waals surface area contributed by atoms with Gasteiger partial charge in [0.1, 0.15) is 5.01 Å². The van der Waals surface area contributed by atoms with Crippen molar-refractivity contribution in [2.24, 2.45) is 0 Å². The second kappa shape index (κ2) is 7.58. The molecule has 0 radical (unpaired) electrons. The fourth-order valence-electron chi connectivity index (χ4n) is 1.95. The topological polar surface area (TPSA) is 75.2 Å². The molecule has 1 aromatic rings. The third kappa shape index (κ3) is 4.75. The number of amides is 2. The van der Waals surface area contributed by atoms with Crippen molar-refractivity contribution in [3.8, 4) is 0 Å². The number of carbonyl (C=O) groups excluding carboxylic acids is 2. The highest BCUT2D eigenvalue weighted by Crippen LogP contribution is 2.21. The molecule has 0 bridgehead atoms. The number of hydrogen-bond donors (Lipinski definition) is 1. The number of likely N-dealkylation sites (tertiary alicyclic amines) is 1. The lowest BCUT2D eigenvalue weighted by Crippen LogP contribution is -2.31. The van der Waals surface area contributed by atoms with E-state index in [2.05, 4.69) is 15.5 Å². The van der Waals surface area contributed by atoms with Gasteiger partial charge < -0.3 is 10.2 Å². The standard InChI is InChI=1S/C12H18N4O2S2/c1-9-14-15-12(20-9)19-8-10(17)13-5-3-7-16-6-2-4-11(16)18/h2-8H2,1H3,(H,13,17). The molecule has 1 aliphatic heterocycles. The van der Waals surface area contributed by atoms with Gasteiger partial charge in [-0.05, 0) is 19.8 Å². The van der Waals surface area contributed by atoms with Gasteiger partial charge >= 0.3 is 0 Å². The van der Waals surface area contributed by atoms with Gasteiger partial charge in [0.15, 0.2) is 4.34 Å². The predicted octanol–water partition coefficient (Wildman–Crippen LogP) is 1.07. The molecule has 2 rings (SSSR count). The molecular weight excluding hydrogens is 296 g/mol. The Kier molecular flexibility index (Phi) is 5.78. The Bertz CT molecular complexity index is 478. The molecule has 0 spiro atoms. The zero-order valence-electron chi connectivity index (χ0n) is 11.4. The fourth-order valence-corrected chi connectivity index (χ4v) is 3.60. The lowest BCUT2D eigenvalue weighted by molar-refractivity contribution is -0.127. The Morgan fingerprint density at radius 2 is 2.35 bits per heavy atom. The number of nitrogens with one attached hydrogen (secondary N) is 1. The molecule has 0 atom stereocenters. The van der Waals surface area contributed by atoms with Crippen molar-refractivity contribution in [1.82, 2.24) is 20.4 Å². The molecule has 0 aliphatic carbocycles. The summed E-state index contributed by atoms with van der Waals surface area (Å²) < 4.78 is 0.820. The van der Waals surface area contributed by atoms with Crippen molar-refractivity contribution in [2.45, 2.75) is 30.5 Å². The van der Waals surface area contributed by atoms with Crippen molar-refractivity contribution >= 4 is 34.9 Å². The van der Waals surface area contributed by atoms with Crippen molar-refractivity contribution < 1.29 is 9.59 Å². The average molecular weight is 314 g/mol. The number of hydrogen-bond acceptors (Lipinski definition) is 6. The van der Waals surface area contributed by atoms with Gasteiger partial charge in [-0.2, -0.15) is 0 Å². The Morgan fingerprint density at radius 1 is 1.50 bits per heavy atom. The molecular formula is C12H18N4O2S2. The van der Waals surface area contributed by atoms with Crippen LogP contribution in [0.1, 0.15) is 24.3 Å². The first-order valence-electron chi connectivity index (χ1n) is 6.62. The van der Waals surface area contributed by atoms with Crippen LogP contribution in [-0.4, -0.2) is 52.3 Å². The number of carbonyl (C=O) groups is 2. The molecule has 1 aliphatic rings. The highest BCUT2D eigenvalue weighted by Gasteiger charge is 2.18.